The molecule has 0 saturated carbocycles. The number of aromatic nitrogens is 2. The zero-order valence-corrected chi connectivity index (χ0v) is 14.4. The van der Waals surface area contributed by atoms with Crippen molar-refractivity contribution in [2.75, 3.05) is 11.9 Å². The van der Waals surface area contributed by atoms with Gasteiger partial charge in [-0.1, -0.05) is 39.2 Å². The second-order valence-corrected chi connectivity index (χ2v) is 6.19. The lowest BCUT2D eigenvalue weighted by Gasteiger charge is -2.23. The molecule has 3 aromatic rings. The average Bonchev–Trinajstić information content (AvgIpc) is 3.10. The van der Waals surface area contributed by atoms with Gasteiger partial charge in [0.15, 0.2) is 11.5 Å². The predicted octanol–water partition coefficient (Wildman–Crippen LogP) is 3.60. The van der Waals surface area contributed by atoms with E-state index < -0.39 is 6.10 Å². The molecule has 1 amide bonds. The Morgan fingerprint density at radius 2 is 1.96 bits per heavy atom. The van der Waals surface area contributed by atoms with Crippen LogP contribution in [0, 0.1) is 0 Å². The number of benzene rings is 2. The van der Waals surface area contributed by atoms with E-state index in [4.69, 9.17) is 13.9 Å². The summed E-state index contributed by atoms with van der Waals surface area (Å²) in [5, 5.41) is 10.3. The number of nitrogens with one attached hydrogen (secondary N) is 1. The van der Waals surface area contributed by atoms with E-state index in [0.717, 1.165) is 4.47 Å². The number of carbonyl (C=O) groups excluding carboxylic acids is 1. The van der Waals surface area contributed by atoms with Crippen LogP contribution in [0.15, 0.2) is 57.4 Å². The molecule has 1 aliphatic heterocycles. The van der Waals surface area contributed by atoms with Gasteiger partial charge in [-0.25, -0.2) is 0 Å². The van der Waals surface area contributed by atoms with Crippen LogP contribution in [-0.2, 0) is 0 Å². The monoisotopic (exact) mass is 401 g/mol. The van der Waals surface area contributed by atoms with Crippen molar-refractivity contribution in [1.29, 1.82) is 0 Å². The number of carbonyl (C=O) groups is 1. The van der Waals surface area contributed by atoms with Crippen LogP contribution < -0.4 is 14.8 Å². The van der Waals surface area contributed by atoms with E-state index in [1.54, 1.807) is 24.3 Å². The minimum Gasteiger partial charge on any atom is -0.485 e. The SMILES string of the molecule is O=C(Nc1nnc([C@@H]2COc3ccccc3O2)o1)c1cccc(Br)c1. The number of nitrogens with zero attached hydrogens (tertiary/aromatic N) is 2. The molecule has 1 aliphatic rings. The molecular formula is C17H12BrN3O4. The molecule has 8 heteroatoms. The fourth-order valence-corrected chi connectivity index (χ4v) is 2.75. The predicted molar refractivity (Wildman–Crippen MR) is 91.7 cm³/mol. The fourth-order valence-electron chi connectivity index (χ4n) is 2.36. The van der Waals surface area contributed by atoms with Crippen molar-refractivity contribution in [2.45, 2.75) is 6.10 Å². The van der Waals surface area contributed by atoms with Crippen molar-refractivity contribution in [1.82, 2.24) is 10.2 Å². The van der Waals surface area contributed by atoms with Gasteiger partial charge in [0.1, 0.15) is 6.61 Å². The van der Waals surface area contributed by atoms with Crippen molar-refractivity contribution in [3.05, 3.63) is 64.5 Å². The first kappa shape index (κ1) is 15.6. The Hall–Kier alpha value is -2.87. The van der Waals surface area contributed by atoms with Gasteiger partial charge in [-0.3, -0.25) is 10.1 Å². The number of hydrogen-bond donors (Lipinski definition) is 1. The van der Waals surface area contributed by atoms with Crippen LogP contribution >= 0.6 is 15.9 Å². The highest BCUT2D eigenvalue weighted by atomic mass is 79.9. The summed E-state index contributed by atoms with van der Waals surface area (Å²) >= 11 is 3.32. The summed E-state index contributed by atoms with van der Waals surface area (Å²) in [6, 6.07) is 14.3. The molecule has 1 atom stereocenters. The Morgan fingerprint density at radius 3 is 2.80 bits per heavy atom. The molecule has 25 heavy (non-hydrogen) atoms. The highest BCUT2D eigenvalue weighted by Crippen LogP contribution is 2.35. The molecular weight excluding hydrogens is 390 g/mol. The minimum absolute atomic E-state index is 0.00225. The summed E-state index contributed by atoms with van der Waals surface area (Å²) < 4.78 is 17.7. The Morgan fingerprint density at radius 1 is 1.12 bits per heavy atom. The minimum atomic E-state index is -0.529. The quantitative estimate of drug-likeness (QED) is 0.721. The molecule has 0 aliphatic carbocycles. The largest absolute Gasteiger partial charge is 0.485 e. The molecule has 1 N–H and O–H groups in total. The van der Waals surface area contributed by atoms with Crippen molar-refractivity contribution < 1.29 is 18.7 Å². The first-order valence-electron chi connectivity index (χ1n) is 7.48. The first-order chi connectivity index (χ1) is 12.2. The standard InChI is InChI=1S/C17H12BrN3O4/c18-11-5-3-4-10(8-11)15(22)19-17-21-20-16(25-17)14-9-23-12-6-1-2-7-13(12)24-14/h1-8,14H,9H2,(H,19,21,22)/t14-/m0/s1. The van der Waals surface area contributed by atoms with Crippen molar-refractivity contribution in [2.24, 2.45) is 0 Å². The van der Waals surface area contributed by atoms with Crippen molar-refractivity contribution in [3.63, 3.8) is 0 Å². The second kappa shape index (κ2) is 6.56. The molecule has 2 aromatic carbocycles. The topological polar surface area (TPSA) is 86.5 Å². The van der Waals surface area contributed by atoms with E-state index in [-0.39, 0.29) is 24.4 Å². The van der Waals surface area contributed by atoms with E-state index in [1.165, 1.54) is 0 Å². The molecule has 2 heterocycles. The van der Waals surface area contributed by atoms with Crippen LogP contribution in [-0.4, -0.2) is 22.7 Å². The van der Waals surface area contributed by atoms with Gasteiger partial charge in [-0.15, -0.1) is 5.10 Å². The van der Waals surface area contributed by atoms with Gasteiger partial charge in [0, 0.05) is 10.0 Å². The van der Waals surface area contributed by atoms with Crippen LogP contribution in [0.25, 0.3) is 0 Å². The lowest BCUT2D eigenvalue weighted by atomic mass is 10.2. The molecule has 126 valence electrons. The zero-order chi connectivity index (χ0) is 17.2. The van der Waals surface area contributed by atoms with Gasteiger partial charge in [-0.2, -0.15) is 0 Å². The van der Waals surface area contributed by atoms with Crippen LogP contribution in [0.3, 0.4) is 0 Å². The highest BCUT2D eigenvalue weighted by Gasteiger charge is 2.27. The number of amides is 1. The van der Waals surface area contributed by atoms with Crippen LogP contribution in [0.1, 0.15) is 22.4 Å². The van der Waals surface area contributed by atoms with Crippen molar-refractivity contribution >= 4 is 27.9 Å². The number of rotatable bonds is 3. The molecule has 0 saturated heterocycles. The molecule has 4 rings (SSSR count). The number of hydrogen-bond acceptors (Lipinski definition) is 6. The maximum Gasteiger partial charge on any atom is 0.322 e. The average molecular weight is 402 g/mol. The van der Waals surface area contributed by atoms with Crippen molar-refractivity contribution in [3.8, 4) is 11.5 Å². The van der Waals surface area contributed by atoms with Crippen LogP contribution in [0.2, 0.25) is 0 Å². The second-order valence-electron chi connectivity index (χ2n) is 5.27. The summed E-state index contributed by atoms with van der Waals surface area (Å²) in [5.74, 6) is 1.17. The Balaban J connectivity index is 1.47. The van der Waals surface area contributed by atoms with Gasteiger partial charge in [-0.05, 0) is 30.3 Å². The third kappa shape index (κ3) is 3.34. The van der Waals surface area contributed by atoms with E-state index >= 15 is 0 Å². The number of para-hydroxylation sites is 2. The summed E-state index contributed by atoms with van der Waals surface area (Å²) in [7, 11) is 0. The van der Waals surface area contributed by atoms with E-state index in [2.05, 4.69) is 31.4 Å². The molecule has 7 nitrogen and oxygen atoms in total. The molecule has 0 unspecified atom stereocenters. The lowest BCUT2D eigenvalue weighted by molar-refractivity contribution is 0.0716. The van der Waals surface area contributed by atoms with Gasteiger partial charge < -0.3 is 13.9 Å². The fraction of sp³-hybridized carbons (Fsp3) is 0.118. The highest BCUT2D eigenvalue weighted by molar-refractivity contribution is 9.10. The Labute approximate surface area is 151 Å². The smallest absolute Gasteiger partial charge is 0.322 e. The Kier molecular flexibility index (Phi) is 4.10. The zero-order valence-electron chi connectivity index (χ0n) is 12.8. The Bertz CT molecular complexity index is 928. The number of halogens is 1. The summed E-state index contributed by atoms with van der Waals surface area (Å²) in [4.78, 5) is 12.2. The lowest BCUT2D eigenvalue weighted by Crippen LogP contribution is -2.21. The number of fused-ring (bicyclic) bond motifs is 1. The first-order valence-corrected chi connectivity index (χ1v) is 8.27. The van der Waals surface area contributed by atoms with E-state index in [1.807, 2.05) is 24.3 Å². The van der Waals surface area contributed by atoms with Gasteiger partial charge in [0.2, 0.25) is 6.10 Å². The molecule has 0 bridgehead atoms. The molecule has 0 spiro atoms. The maximum atomic E-state index is 12.2. The van der Waals surface area contributed by atoms with E-state index in [0.29, 0.717) is 17.1 Å². The normalized spacial score (nSPS) is 15.6. The maximum absolute atomic E-state index is 12.2. The van der Waals surface area contributed by atoms with Crippen LogP contribution in [0.5, 0.6) is 11.5 Å². The van der Waals surface area contributed by atoms with Crippen LogP contribution in [0.4, 0.5) is 6.01 Å². The molecule has 1 aromatic heterocycles. The van der Waals surface area contributed by atoms with Gasteiger partial charge >= 0.3 is 6.01 Å². The summed E-state index contributed by atoms with van der Waals surface area (Å²) in [6.07, 6.45) is -0.529. The van der Waals surface area contributed by atoms with Gasteiger partial charge in [0.05, 0.1) is 0 Å². The van der Waals surface area contributed by atoms with Gasteiger partial charge in [0.25, 0.3) is 11.8 Å². The summed E-state index contributed by atoms with van der Waals surface area (Å²) in [6.45, 7) is 0.248. The molecule has 0 radical (unpaired) electrons. The third-order valence-electron chi connectivity index (χ3n) is 3.53. The number of anilines is 1. The molecule has 0 fully saturated rings. The number of ether oxygens (including phenoxy) is 2. The third-order valence-corrected chi connectivity index (χ3v) is 4.03. The summed E-state index contributed by atoms with van der Waals surface area (Å²) in [5.41, 5.74) is 0.473. The van der Waals surface area contributed by atoms with E-state index in [9.17, 15) is 4.79 Å².